The highest BCUT2D eigenvalue weighted by Crippen LogP contribution is 2.26. The van der Waals surface area contributed by atoms with E-state index in [9.17, 15) is 9.59 Å². The van der Waals surface area contributed by atoms with Crippen LogP contribution in [-0.4, -0.2) is 18.5 Å². The lowest BCUT2D eigenvalue weighted by Crippen LogP contribution is -2.20. The van der Waals surface area contributed by atoms with Crippen LogP contribution in [0.4, 0.5) is 5.69 Å². The van der Waals surface area contributed by atoms with E-state index in [2.05, 4.69) is 21.2 Å². The number of rotatable bonds is 4. The zero-order valence-electron chi connectivity index (χ0n) is 12.8. The maximum Gasteiger partial charge on any atom is 0.348 e. The van der Waals surface area contributed by atoms with Gasteiger partial charge in [0.25, 0.3) is 5.91 Å². The average Bonchev–Trinajstić information content (AvgIpc) is 2.99. The van der Waals surface area contributed by atoms with Crippen molar-refractivity contribution in [1.82, 2.24) is 0 Å². The zero-order valence-corrected chi connectivity index (χ0v) is 15.2. The maximum absolute atomic E-state index is 12.1. The second-order valence-electron chi connectivity index (χ2n) is 5.26. The number of benzene rings is 2. The van der Waals surface area contributed by atoms with Crippen molar-refractivity contribution in [2.45, 2.75) is 6.92 Å². The van der Waals surface area contributed by atoms with Crippen molar-refractivity contribution in [2.24, 2.45) is 0 Å². The largest absolute Gasteiger partial charge is 0.451 e. The number of carbonyl (C=O) groups is 2. The summed E-state index contributed by atoms with van der Waals surface area (Å²) >= 11 is 4.74. The molecule has 1 N–H and O–H groups in total. The molecule has 0 saturated carbocycles. The molecule has 0 unspecified atom stereocenters. The molecule has 1 aromatic heterocycles. The molecular formula is C18H14BrNO3S. The Morgan fingerprint density at radius 3 is 2.71 bits per heavy atom. The first kappa shape index (κ1) is 16.7. The van der Waals surface area contributed by atoms with Crippen LogP contribution in [-0.2, 0) is 9.53 Å². The van der Waals surface area contributed by atoms with Crippen LogP contribution in [0.3, 0.4) is 0 Å². The minimum atomic E-state index is -0.491. The van der Waals surface area contributed by atoms with E-state index in [1.807, 2.05) is 43.3 Å². The van der Waals surface area contributed by atoms with Gasteiger partial charge in [0.2, 0.25) is 0 Å². The topological polar surface area (TPSA) is 55.4 Å². The van der Waals surface area contributed by atoms with Crippen LogP contribution >= 0.6 is 27.3 Å². The van der Waals surface area contributed by atoms with Crippen LogP contribution in [0.5, 0.6) is 0 Å². The summed E-state index contributed by atoms with van der Waals surface area (Å²) in [5, 5.41) is 3.70. The fourth-order valence-electron chi connectivity index (χ4n) is 2.19. The van der Waals surface area contributed by atoms with Crippen molar-refractivity contribution < 1.29 is 14.3 Å². The molecule has 0 aliphatic heterocycles. The molecular weight excluding hydrogens is 390 g/mol. The second-order valence-corrected chi connectivity index (χ2v) is 7.19. The third-order valence-corrected chi connectivity index (χ3v) is 5.11. The predicted octanol–water partition coefficient (Wildman–Crippen LogP) is 4.77. The van der Waals surface area contributed by atoms with Crippen molar-refractivity contribution >= 4 is 54.9 Å². The number of aryl methyl sites for hydroxylation is 1. The minimum Gasteiger partial charge on any atom is -0.451 e. The molecule has 1 heterocycles. The van der Waals surface area contributed by atoms with Crippen LogP contribution in [0.15, 0.2) is 53.0 Å². The molecule has 0 spiro atoms. The molecule has 3 rings (SSSR count). The Kier molecular flexibility index (Phi) is 4.97. The summed E-state index contributed by atoms with van der Waals surface area (Å²) in [6, 6.07) is 15.1. The quantitative estimate of drug-likeness (QED) is 0.638. The lowest BCUT2D eigenvalue weighted by atomic mass is 10.2. The lowest BCUT2D eigenvalue weighted by Gasteiger charge is -2.08. The smallest absolute Gasteiger partial charge is 0.348 e. The van der Waals surface area contributed by atoms with E-state index in [-0.39, 0.29) is 12.5 Å². The summed E-state index contributed by atoms with van der Waals surface area (Å²) in [6.45, 7) is 1.64. The molecule has 4 nitrogen and oxygen atoms in total. The Bertz CT molecular complexity index is 887. The number of hydrogen-bond donors (Lipinski definition) is 1. The molecule has 1 amide bonds. The third-order valence-electron chi connectivity index (χ3n) is 3.36. The number of halogens is 1. The summed E-state index contributed by atoms with van der Waals surface area (Å²) in [5.41, 5.74) is 1.72. The molecule has 0 fully saturated rings. The number of nitrogens with one attached hydrogen (secondary N) is 1. The number of fused-ring (bicyclic) bond motifs is 1. The Hall–Kier alpha value is -2.18. The number of amides is 1. The summed E-state index contributed by atoms with van der Waals surface area (Å²) < 4.78 is 6.89. The van der Waals surface area contributed by atoms with Crippen molar-refractivity contribution in [2.75, 3.05) is 11.9 Å². The molecule has 0 atom stereocenters. The molecule has 2 aromatic carbocycles. The van der Waals surface area contributed by atoms with Crippen molar-refractivity contribution in [3.05, 3.63) is 63.4 Å². The highest BCUT2D eigenvalue weighted by Gasteiger charge is 2.14. The van der Waals surface area contributed by atoms with Gasteiger partial charge < -0.3 is 10.1 Å². The first-order valence-electron chi connectivity index (χ1n) is 7.24. The molecule has 24 heavy (non-hydrogen) atoms. The van der Waals surface area contributed by atoms with Gasteiger partial charge in [-0.25, -0.2) is 4.79 Å². The molecule has 6 heteroatoms. The van der Waals surface area contributed by atoms with Gasteiger partial charge in [0, 0.05) is 9.17 Å². The van der Waals surface area contributed by atoms with Crippen molar-refractivity contribution in [3.63, 3.8) is 0 Å². The van der Waals surface area contributed by atoms with Gasteiger partial charge in [-0.15, -0.1) is 11.3 Å². The number of carbonyl (C=O) groups excluding carboxylic acids is 2. The Labute approximate surface area is 151 Å². The van der Waals surface area contributed by atoms with Gasteiger partial charge >= 0.3 is 5.97 Å². The first-order valence-corrected chi connectivity index (χ1v) is 8.85. The van der Waals surface area contributed by atoms with Crippen molar-refractivity contribution in [1.29, 1.82) is 0 Å². The number of thiophene rings is 1. The van der Waals surface area contributed by atoms with Crippen molar-refractivity contribution in [3.8, 4) is 0 Å². The standard InChI is InChI=1S/C18H14BrNO3S/c1-11-6-7-14(13(19)8-11)20-17(21)10-23-18(22)16-9-12-4-2-3-5-15(12)24-16/h2-9H,10H2,1H3,(H,20,21). The maximum atomic E-state index is 12.1. The molecule has 0 aliphatic rings. The summed E-state index contributed by atoms with van der Waals surface area (Å²) in [6.07, 6.45) is 0. The lowest BCUT2D eigenvalue weighted by molar-refractivity contribution is -0.119. The van der Waals surface area contributed by atoms with Gasteiger partial charge in [0.05, 0.1) is 5.69 Å². The predicted molar refractivity (Wildman–Crippen MR) is 99.6 cm³/mol. The Morgan fingerprint density at radius 1 is 1.17 bits per heavy atom. The van der Waals surface area contributed by atoms with Crippen LogP contribution in [0, 0.1) is 6.92 Å². The number of ether oxygens (including phenoxy) is 1. The molecule has 0 aliphatic carbocycles. The minimum absolute atomic E-state index is 0.326. The van der Waals surface area contributed by atoms with Gasteiger partial charge in [0.15, 0.2) is 6.61 Å². The number of anilines is 1. The third kappa shape index (κ3) is 3.83. The fraction of sp³-hybridized carbons (Fsp3) is 0.111. The normalized spacial score (nSPS) is 10.6. The fourth-order valence-corrected chi connectivity index (χ4v) is 3.74. The highest BCUT2D eigenvalue weighted by molar-refractivity contribution is 9.10. The summed E-state index contributed by atoms with van der Waals surface area (Å²) in [7, 11) is 0. The van der Waals surface area contributed by atoms with Crippen LogP contribution < -0.4 is 5.32 Å². The highest BCUT2D eigenvalue weighted by atomic mass is 79.9. The van der Waals surface area contributed by atoms with E-state index in [0.29, 0.717) is 10.6 Å². The van der Waals surface area contributed by atoms with E-state index >= 15 is 0 Å². The van der Waals surface area contributed by atoms with E-state index in [4.69, 9.17) is 4.74 Å². The van der Waals surface area contributed by atoms with Crippen LogP contribution in [0.25, 0.3) is 10.1 Å². The second kappa shape index (κ2) is 7.15. The molecule has 0 bridgehead atoms. The SMILES string of the molecule is Cc1ccc(NC(=O)COC(=O)c2cc3ccccc3s2)c(Br)c1. The Balaban J connectivity index is 1.60. The van der Waals surface area contributed by atoms with Gasteiger partial charge in [-0.1, -0.05) is 24.3 Å². The Morgan fingerprint density at radius 2 is 1.96 bits per heavy atom. The summed E-state index contributed by atoms with van der Waals surface area (Å²) in [5.74, 6) is -0.872. The van der Waals surface area contributed by atoms with Gasteiger partial charge in [0.1, 0.15) is 4.88 Å². The van der Waals surface area contributed by atoms with E-state index in [1.165, 1.54) is 11.3 Å². The van der Waals surface area contributed by atoms with Gasteiger partial charge in [-0.3, -0.25) is 4.79 Å². The number of hydrogen-bond acceptors (Lipinski definition) is 4. The van der Waals surface area contributed by atoms with E-state index < -0.39 is 5.97 Å². The molecule has 122 valence electrons. The number of esters is 1. The van der Waals surface area contributed by atoms with Crippen LogP contribution in [0.1, 0.15) is 15.2 Å². The van der Waals surface area contributed by atoms with Gasteiger partial charge in [-0.2, -0.15) is 0 Å². The summed E-state index contributed by atoms with van der Waals surface area (Å²) in [4.78, 5) is 24.5. The molecule has 0 radical (unpaired) electrons. The molecule has 0 saturated heterocycles. The van der Waals surface area contributed by atoms with Crippen LogP contribution in [0.2, 0.25) is 0 Å². The zero-order chi connectivity index (χ0) is 17.1. The molecule has 3 aromatic rings. The monoisotopic (exact) mass is 403 g/mol. The van der Waals surface area contributed by atoms with E-state index in [1.54, 1.807) is 12.1 Å². The first-order chi connectivity index (χ1) is 11.5. The average molecular weight is 404 g/mol. The van der Waals surface area contributed by atoms with E-state index in [0.717, 1.165) is 20.1 Å². The van der Waals surface area contributed by atoms with Gasteiger partial charge in [-0.05, 0) is 58.1 Å².